The van der Waals surface area contributed by atoms with Crippen molar-refractivity contribution in [1.29, 1.82) is 0 Å². The highest BCUT2D eigenvalue weighted by Gasteiger charge is 2.03. The molecule has 0 aliphatic rings. The van der Waals surface area contributed by atoms with Gasteiger partial charge in [-0.25, -0.2) is 4.39 Å². The number of benzene rings is 2. The SMILES string of the molecule is CC(=O)Nc1cccc(Nc2cnnc(NCc3ccc(F)cc3)n2)c1. The van der Waals surface area contributed by atoms with Gasteiger partial charge in [0.2, 0.25) is 11.9 Å². The minimum atomic E-state index is -0.278. The van der Waals surface area contributed by atoms with Gasteiger partial charge in [-0.15, -0.1) is 5.10 Å². The first-order valence-electron chi connectivity index (χ1n) is 7.91. The van der Waals surface area contributed by atoms with Crippen LogP contribution in [-0.4, -0.2) is 21.1 Å². The molecule has 0 bridgehead atoms. The van der Waals surface area contributed by atoms with Crippen molar-refractivity contribution < 1.29 is 9.18 Å². The third-order valence-corrected chi connectivity index (χ3v) is 3.38. The summed E-state index contributed by atoms with van der Waals surface area (Å²) in [4.78, 5) is 15.5. The van der Waals surface area contributed by atoms with E-state index in [4.69, 9.17) is 0 Å². The van der Waals surface area contributed by atoms with Crippen molar-refractivity contribution in [2.45, 2.75) is 13.5 Å². The molecule has 0 saturated carbocycles. The topological polar surface area (TPSA) is 91.8 Å². The van der Waals surface area contributed by atoms with Crippen LogP contribution in [0.3, 0.4) is 0 Å². The number of rotatable bonds is 6. The maximum atomic E-state index is 12.9. The van der Waals surface area contributed by atoms with E-state index in [1.165, 1.54) is 25.3 Å². The molecule has 26 heavy (non-hydrogen) atoms. The number of halogens is 1. The van der Waals surface area contributed by atoms with Crippen LogP contribution in [0.5, 0.6) is 0 Å². The second-order valence-electron chi connectivity index (χ2n) is 5.53. The first-order chi connectivity index (χ1) is 12.6. The Hall–Kier alpha value is -3.55. The first-order valence-corrected chi connectivity index (χ1v) is 7.91. The molecule has 3 rings (SSSR count). The number of hydrogen-bond acceptors (Lipinski definition) is 6. The Labute approximate surface area is 149 Å². The first kappa shape index (κ1) is 17.3. The van der Waals surface area contributed by atoms with Crippen LogP contribution in [0, 0.1) is 5.82 Å². The van der Waals surface area contributed by atoms with Crippen molar-refractivity contribution in [3.05, 3.63) is 66.1 Å². The van der Waals surface area contributed by atoms with E-state index in [1.807, 2.05) is 12.1 Å². The Balaban J connectivity index is 1.65. The largest absolute Gasteiger partial charge is 0.349 e. The van der Waals surface area contributed by atoms with Crippen LogP contribution in [-0.2, 0) is 11.3 Å². The van der Waals surface area contributed by atoms with Crippen molar-refractivity contribution in [3.8, 4) is 0 Å². The zero-order valence-corrected chi connectivity index (χ0v) is 14.0. The summed E-state index contributed by atoms with van der Waals surface area (Å²) >= 11 is 0. The van der Waals surface area contributed by atoms with Crippen molar-refractivity contribution in [1.82, 2.24) is 15.2 Å². The second-order valence-corrected chi connectivity index (χ2v) is 5.53. The average Bonchev–Trinajstić information content (AvgIpc) is 2.61. The lowest BCUT2D eigenvalue weighted by molar-refractivity contribution is -0.114. The van der Waals surface area contributed by atoms with E-state index in [0.717, 1.165) is 11.3 Å². The molecule has 0 aliphatic carbocycles. The van der Waals surface area contributed by atoms with Gasteiger partial charge in [0.15, 0.2) is 5.82 Å². The van der Waals surface area contributed by atoms with Gasteiger partial charge in [-0.05, 0) is 35.9 Å². The van der Waals surface area contributed by atoms with Crippen LogP contribution < -0.4 is 16.0 Å². The number of aromatic nitrogens is 3. The molecular weight excluding hydrogens is 335 g/mol. The maximum Gasteiger partial charge on any atom is 0.244 e. The molecule has 3 aromatic rings. The highest BCUT2D eigenvalue weighted by atomic mass is 19.1. The lowest BCUT2D eigenvalue weighted by Crippen LogP contribution is -2.07. The molecule has 0 spiro atoms. The fourth-order valence-electron chi connectivity index (χ4n) is 2.25. The number of hydrogen-bond donors (Lipinski definition) is 3. The molecular formula is C18H17FN6O. The lowest BCUT2D eigenvalue weighted by atomic mass is 10.2. The van der Waals surface area contributed by atoms with Crippen molar-refractivity contribution in [2.75, 3.05) is 16.0 Å². The van der Waals surface area contributed by atoms with Crippen LogP contribution in [0.15, 0.2) is 54.7 Å². The summed E-state index contributed by atoms with van der Waals surface area (Å²) in [6.07, 6.45) is 1.49. The van der Waals surface area contributed by atoms with Crippen molar-refractivity contribution in [2.24, 2.45) is 0 Å². The monoisotopic (exact) mass is 352 g/mol. The Morgan fingerprint density at radius 3 is 2.65 bits per heavy atom. The Morgan fingerprint density at radius 2 is 1.88 bits per heavy atom. The molecule has 3 N–H and O–H groups in total. The molecule has 2 aromatic carbocycles. The summed E-state index contributed by atoms with van der Waals surface area (Å²) in [5.74, 6) is 0.427. The number of amides is 1. The van der Waals surface area contributed by atoms with Crippen LogP contribution in [0.4, 0.5) is 27.5 Å². The van der Waals surface area contributed by atoms with Gasteiger partial charge < -0.3 is 16.0 Å². The average molecular weight is 352 g/mol. The predicted octanol–water partition coefficient (Wildman–Crippen LogP) is 3.32. The molecule has 8 heteroatoms. The fourth-order valence-corrected chi connectivity index (χ4v) is 2.25. The highest BCUT2D eigenvalue weighted by Crippen LogP contribution is 2.19. The highest BCUT2D eigenvalue weighted by molar-refractivity contribution is 5.89. The van der Waals surface area contributed by atoms with Gasteiger partial charge in [0.1, 0.15) is 5.82 Å². The lowest BCUT2D eigenvalue weighted by Gasteiger charge is -2.09. The second kappa shape index (κ2) is 8.02. The molecule has 0 unspecified atom stereocenters. The summed E-state index contributed by atoms with van der Waals surface area (Å²) < 4.78 is 12.9. The number of carbonyl (C=O) groups excluding carboxylic acids is 1. The van der Waals surface area contributed by atoms with E-state index in [2.05, 4.69) is 31.1 Å². The zero-order chi connectivity index (χ0) is 18.4. The molecule has 0 atom stereocenters. The summed E-state index contributed by atoms with van der Waals surface area (Å²) in [5, 5.41) is 16.7. The summed E-state index contributed by atoms with van der Waals surface area (Å²) in [5.41, 5.74) is 2.33. The molecule has 1 heterocycles. The Bertz CT molecular complexity index is 900. The predicted molar refractivity (Wildman–Crippen MR) is 97.6 cm³/mol. The van der Waals surface area contributed by atoms with E-state index in [1.54, 1.807) is 24.3 Å². The van der Waals surface area contributed by atoms with Gasteiger partial charge in [-0.2, -0.15) is 10.1 Å². The molecule has 0 radical (unpaired) electrons. The smallest absolute Gasteiger partial charge is 0.244 e. The molecule has 1 aromatic heterocycles. The standard InChI is InChI=1S/C18H17FN6O/c1-12(26)22-15-3-2-4-16(9-15)23-17-11-21-25-18(24-17)20-10-13-5-7-14(19)8-6-13/h2-9,11H,10H2,1H3,(H,22,26)(H2,20,23,24,25). The summed E-state index contributed by atoms with van der Waals surface area (Å²) in [6.45, 7) is 1.90. The third-order valence-electron chi connectivity index (χ3n) is 3.38. The van der Waals surface area contributed by atoms with Gasteiger partial charge in [-0.1, -0.05) is 18.2 Å². The van der Waals surface area contributed by atoms with Crippen molar-refractivity contribution in [3.63, 3.8) is 0 Å². The number of nitrogens with one attached hydrogen (secondary N) is 3. The van der Waals surface area contributed by atoms with Gasteiger partial charge in [0.05, 0.1) is 6.20 Å². The van der Waals surface area contributed by atoms with Crippen LogP contribution in [0.1, 0.15) is 12.5 Å². The van der Waals surface area contributed by atoms with Gasteiger partial charge in [0.25, 0.3) is 0 Å². The normalized spacial score (nSPS) is 10.2. The molecule has 132 valence electrons. The van der Waals surface area contributed by atoms with E-state index in [-0.39, 0.29) is 11.7 Å². The quantitative estimate of drug-likeness (QED) is 0.630. The third kappa shape index (κ3) is 4.97. The van der Waals surface area contributed by atoms with Gasteiger partial charge >= 0.3 is 0 Å². The minimum Gasteiger partial charge on any atom is -0.349 e. The van der Waals surface area contributed by atoms with E-state index >= 15 is 0 Å². The summed E-state index contributed by atoms with van der Waals surface area (Å²) in [6, 6.07) is 13.4. The minimum absolute atomic E-state index is 0.141. The number of anilines is 4. The Kier molecular flexibility index (Phi) is 5.33. The Morgan fingerprint density at radius 1 is 1.12 bits per heavy atom. The maximum absolute atomic E-state index is 12.9. The van der Waals surface area contributed by atoms with E-state index in [0.29, 0.717) is 24.0 Å². The summed E-state index contributed by atoms with van der Waals surface area (Å²) in [7, 11) is 0. The van der Waals surface area contributed by atoms with E-state index < -0.39 is 0 Å². The van der Waals surface area contributed by atoms with Crippen LogP contribution in [0.2, 0.25) is 0 Å². The zero-order valence-electron chi connectivity index (χ0n) is 14.0. The van der Waals surface area contributed by atoms with E-state index in [9.17, 15) is 9.18 Å². The number of carbonyl (C=O) groups is 1. The molecule has 0 fully saturated rings. The molecule has 0 saturated heterocycles. The van der Waals surface area contributed by atoms with Crippen LogP contribution in [0.25, 0.3) is 0 Å². The van der Waals surface area contributed by atoms with Crippen LogP contribution >= 0.6 is 0 Å². The fraction of sp³-hybridized carbons (Fsp3) is 0.111. The van der Waals surface area contributed by atoms with Crippen molar-refractivity contribution >= 4 is 29.0 Å². The molecule has 7 nitrogen and oxygen atoms in total. The van der Waals surface area contributed by atoms with Gasteiger partial charge in [-0.3, -0.25) is 4.79 Å². The number of nitrogens with zero attached hydrogens (tertiary/aromatic N) is 3. The molecule has 1 amide bonds. The van der Waals surface area contributed by atoms with Gasteiger partial charge in [0, 0.05) is 24.8 Å². The molecule has 0 aliphatic heterocycles.